The molecule has 1 amide bonds. The minimum absolute atomic E-state index is 0.0298. The molecule has 11 heteroatoms. The molecule has 1 N–H and O–H groups in total. The highest BCUT2D eigenvalue weighted by atomic mass is 79.9. The first-order chi connectivity index (χ1) is 17.2. The lowest BCUT2D eigenvalue weighted by Gasteiger charge is -2.12. The molecule has 3 aromatic carbocycles. The standard InChI is InChI=1S/C25H24BrClN2O6S/c1-3-13-34-23-11-5-17(15-24(23)33-4-2)25(30)29-28-16-18-14-19(26)6-12-22(18)35-36(31,32)21-9-7-20(27)8-10-21/h5-12,14-16H,3-4,13H2,1-2H3,(H,29,30)/b28-16+. The lowest BCUT2D eigenvalue weighted by Crippen LogP contribution is -2.18. The lowest BCUT2D eigenvalue weighted by atomic mass is 10.2. The van der Waals surface area contributed by atoms with Crippen molar-refractivity contribution in [1.29, 1.82) is 0 Å². The van der Waals surface area contributed by atoms with Gasteiger partial charge in [-0.25, -0.2) is 5.43 Å². The maximum Gasteiger partial charge on any atom is 0.339 e. The Kier molecular flexibility index (Phi) is 9.74. The van der Waals surface area contributed by atoms with Crippen molar-refractivity contribution in [3.05, 3.63) is 81.3 Å². The molecule has 0 saturated carbocycles. The number of nitrogens with zero attached hydrogens (tertiary/aromatic N) is 1. The summed E-state index contributed by atoms with van der Waals surface area (Å²) in [6, 6.07) is 15.2. The van der Waals surface area contributed by atoms with E-state index in [1.165, 1.54) is 36.5 Å². The molecule has 3 rings (SSSR count). The molecule has 0 heterocycles. The van der Waals surface area contributed by atoms with Crippen molar-refractivity contribution < 1.29 is 26.9 Å². The van der Waals surface area contributed by atoms with Gasteiger partial charge in [0.05, 0.1) is 19.4 Å². The molecule has 8 nitrogen and oxygen atoms in total. The van der Waals surface area contributed by atoms with Crippen LogP contribution < -0.4 is 19.1 Å². The Morgan fingerprint density at radius 3 is 2.42 bits per heavy atom. The summed E-state index contributed by atoms with van der Waals surface area (Å²) in [5.74, 6) is 0.553. The molecule has 0 bridgehead atoms. The van der Waals surface area contributed by atoms with Crippen LogP contribution in [0.25, 0.3) is 0 Å². The van der Waals surface area contributed by atoms with Crippen LogP contribution in [0.5, 0.6) is 17.2 Å². The summed E-state index contributed by atoms with van der Waals surface area (Å²) >= 11 is 9.18. The Bertz CT molecular complexity index is 1350. The van der Waals surface area contributed by atoms with Crippen molar-refractivity contribution in [2.24, 2.45) is 5.10 Å². The van der Waals surface area contributed by atoms with E-state index in [-0.39, 0.29) is 10.6 Å². The first-order valence-corrected chi connectivity index (χ1v) is 13.5. The fraction of sp³-hybridized carbons (Fsp3) is 0.200. The molecule has 3 aromatic rings. The van der Waals surface area contributed by atoms with Crippen molar-refractivity contribution in [3.63, 3.8) is 0 Å². The zero-order chi connectivity index (χ0) is 26.1. The molecular weight excluding hydrogens is 572 g/mol. The topological polar surface area (TPSA) is 103 Å². The van der Waals surface area contributed by atoms with E-state index in [1.807, 2.05) is 13.8 Å². The first-order valence-electron chi connectivity index (χ1n) is 11.0. The van der Waals surface area contributed by atoms with Crippen molar-refractivity contribution in [1.82, 2.24) is 5.43 Å². The highest BCUT2D eigenvalue weighted by molar-refractivity contribution is 9.10. The van der Waals surface area contributed by atoms with E-state index in [2.05, 4.69) is 26.5 Å². The largest absolute Gasteiger partial charge is 0.490 e. The molecule has 36 heavy (non-hydrogen) atoms. The molecule has 0 fully saturated rings. The van der Waals surface area contributed by atoms with Crippen LogP contribution in [-0.2, 0) is 10.1 Å². The van der Waals surface area contributed by atoms with E-state index in [0.717, 1.165) is 6.42 Å². The zero-order valence-corrected chi connectivity index (χ0v) is 22.7. The number of carbonyl (C=O) groups excluding carboxylic acids is 1. The van der Waals surface area contributed by atoms with Crippen LogP contribution in [0.1, 0.15) is 36.2 Å². The Labute approximate surface area is 223 Å². The van der Waals surface area contributed by atoms with Gasteiger partial charge >= 0.3 is 10.1 Å². The molecule has 190 valence electrons. The summed E-state index contributed by atoms with van der Waals surface area (Å²) in [7, 11) is -4.12. The average Bonchev–Trinajstić information content (AvgIpc) is 2.85. The van der Waals surface area contributed by atoms with Gasteiger partial charge in [0.15, 0.2) is 17.2 Å². The lowest BCUT2D eigenvalue weighted by molar-refractivity contribution is 0.0954. The van der Waals surface area contributed by atoms with Crippen LogP contribution in [0.4, 0.5) is 0 Å². The minimum atomic E-state index is -4.12. The van der Waals surface area contributed by atoms with Gasteiger partial charge in [0, 0.05) is 20.6 Å². The van der Waals surface area contributed by atoms with Crippen LogP contribution in [-0.4, -0.2) is 33.8 Å². The second-order valence-electron chi connectivity index (χ2n) is 7.32. The number of hydrogen-bond donors (Lipinski definition) is 1. The first kappa shape index (κ1) is 27.5. The Morgan fingerprint density at radius 2 is 1.72 bits per heavy atom. The van der Waals surface area contributed by atoms with Crippen molar-refractivity contribution in [3.8, 4) is 17.2 Å². The summed E-state index contributed by atoms with van der Waals surface area (Å²) in [6.07, 6.45) is 2.13. The van der Waals surface area contributed by atoms with E-state index < -0.39 is 16.0 Å². The second kappa shape index (κ2) is 12.8. The van der Waals surface area contributed by atoms with Crippen LogP contribution in [0, 0.1) is 0 Å². The quantitative estimate of drug-likeness (QED) is 0.170. The average molecular weight is 596 g/mol. The van der Waals surface area contributed by atoms with Gasteiger partial charge in [-0.05, 0) is 74.0 Å². The van der Waals surface area contributed by atoms with E-state index in [0.29, 0.717) is 45.3 Å². The molecule has 0 atom stereocenters. The van der Waals surface area contributed by atoms with Crippen LogP contribution in [0.15, 0.2) is 75.1 Å². The highest BCUT2D eigenvalue weighted by Crippen LogP contribution is 2.29. The summed E-state index contributed by atoms with van der Waals surface area (Å²) in [5.41, 5.74) is 3.06. The third-order valence-corrected chi connectivity index (χ3v) is 6.60. The van der Waals surface area contributed by atoms with E-state index in [4.69, 9.17) is 25.3 Å². The fourth-order valence-electron chi connectivity index (χ4n) is 2.94. The number of rotatable bonds is 11. The molecule has 0 aliphatic heterocycles. The molecule has 0 aliphatic rings. The SMILES string of the molecule is CCCOc1ccc(C(=O)N/N=C/c2cc(Br)ccc2OS(=O)(=O)c2ccc(Cl)cc2)cc1OCC. The summed E-state index contributed by atoms with van der Waals surface area (Å²) in [4.78, 5) is 12.6. The number of carbonyl (C=O) groups is 1. The van der Waals surface area contributed by atoms with E-state index in [1.54, 1.807) is 30.3 Å². The summed E-state index contributed by atoms with van der Waals surface area (Å²) in [6.45, 7) is 4.78. The van der Waals surface area contributed by atoms with Crippen molar-refractivity contribution in [2.45, 2.75) is 25.2 Å². The van der Waals surface area contributed by atoms with Gasteiger partial charge in [0.1, 0.15) is 4.90 Å². The Balaban J connectivity index is 1.77. The van der Waals surface area contributed by atoms with Gasteiger partial charge in [-0.15, -0.1) is 0 Å². The molecule has 0 unspecified atom stereocenters. The predicted molar refractivity (Wildman–Crippen MR) is 142 cm³/mol. The molecule has 0 radical (unpaired) electrons. The number of benzene rings is 3. The van der Waals surface area contributed by atoms with Gasteiger partial charge < -0.3 is 13.7 Å². The molecule has 0 aromatic heterocycles. The number of amides is 1. The Hall–Kier alpha value is -3.08. The number of ether oxygens (including phenoxy) is 2. The maximum absolute atomic E-state index is 12.7. The predicted octanol–water partition coefficient (Wildman–Crippen LogP) is 5.82. The summed E-state index contributed by atoms with van der Waals surface area (Å²) < 4.78 is 42.6. The monoisotopic (exact) mass is 594 g/mol. The van der Waals surface area contributed by atoms with E-state index >= 15 is 0 Å². The number of halogens is 2. The third-order valence-electron chi connectivity index (χ3n) is 4.61. The van der Waals surface area contributed by atoms with Gasteiger partial charge in [-0.1, -0.05) is 34.5 Å². The number of nitrogens with one attached hydrogen (secondary N) is 1. The summed E-state index contributed by atoms with van der Waals surface area (Å²) in [5, 5.41) is 4.37. The van der Waals surface area contributed by atoms with Gasteiger partial charge in [0.2, 0.25) is 0 Å². The van der Waals surface area contributed by atoms with E-state index in [9.17, 15) is 13.2 Å². The fourth-order valence-corrected chi connectivity index (χ4v) is 4.40. The number of hydrazone groups is 1. The van der Waals surface area contributed by atoms with Gasteiger partial charge in [-0.3, -0.25) is 4.79 Å². The van der Waals surface area contributed by atoms with Crippen LogP contribution in [0.2, 0.25) is 5.02 Å². The smallest absolute Gasteiger partial charge is 0.339 e. The third kappa shape index (κ3) is 7.46. The molecular formula is C25H24BrClN2O6S. The normalized spacial score (nSPS) is 11.3. The Morgan fingerprint density at radius 1 is 1.00 bits per heavy atom. The zero-order valence-electron chi connectivity index (χ0n) is 19.5. The molecule has 0 saturated heterocycles. The number of hydrogen-bond acceptors (Lipinski definition) is 7. The molecule has 0 aliphatic carbocycles. The van der Waals surface area contributed by atoms with Gasteiger partial charge in [-0.2, -0.15) is 13.5 Å². The van der Waals surface area contributed by atoms with Crippen molar-refractivity contribution in [2.75, 3.05) is 13.2 Å². The second-order valence-corrected chi connectivity index (χ2v) is 10.2. The van der Waals surface area contributed by atoms with Crippen LogP contribution in [0.3, 0.4) is 0 Å². The maximum atomic E-state index is 12.7. The molecule has 0 spiro atoms. The minimum Gasteiger partial charge on any atom is -0.490 e. The highest BCUT2D eigenvalue weighted by Gasteiger charge is 2.18. The van der Waals surface area contributed by atoms with Gasteiger partial charge in [0.25, 0.3) is 5.91 Å². The van der Waals surface area contributed by atoms with Crippen molar-refractivity contribution >= 4 is 49.8 Å². The van der Waals surface area contributed by atoms with Crippen LogP contribution >= 0.6 is 27.5 Å².